The van der Waals surface area contributed by atoms with Gasteiger partial charge in [0.25, 0.3) is 0 Å². The summed E-state index contributed by atoms with van der Waals surface area (Å²) < 4.78 is 19.0. The van der Waals surface area contributed by atoms with Crippen molar-refractivity contribution in [3.8, 4) is 11.5 Å². The summed E-state index contributed by atoms with van der Waals surface area (Å²) >= 11 is 0. The summed E-state index contributed by atoms with van der Waals surface area (Å²) in [5.74, 6) is -0.667. The van der Waals surface area contributed by atoms with E-state index in [2.05, 4.69) is 10.6 Å². The number of nitrogens with one attached hydrogen (secondary N) is 2. The Morgan fingerprint density at radius 3 is 2.49 bits per heavy atom. The normalized spacial score (nSPS) is 25.3. The fourth-order valence-corrected chi connectivity index (χ4v) is 9.60. The fraction of sp³-hybridized carbons (Fsp3) is 0.780. The molecule has 2 saturated heterocycles. The van der Waals surface area contributed by atoms with Gasteiger partial charge >= 0.3 is 11.9 Å². The minimum absolute atomic E-state index is 0.0122. The lowest BCUT2D eigenvalue weighted by Crippen LogP contribution is -2.65. The van der Waals surface area contributed by atoms with Crippen molar-refractivity contribution in [1.82, 2.24) is 10.6 Å². The van der Waals surface area contributed by atoms with Crippen molar-refractivity contribution in [2.24, 2.45) is 17.3 Å². The number of phenolic OH excluding ortho intramolecular Hbond substituents is 1. The summed E-state index contributed by atoms with van der Waals surface area (Å²) in [7, 11) is 0. The summed E-state index contributed by atoms with van der Waals surface area (Å²) in [6, 6.07) is 3.62. The second-order valence-electron chi connectivity index (χ2n) is 16.4. The Morgan fingerprint density at radius 2 is 1.75 bits per heavy atom. The maximum atomic E-state index is 14.8. The van der Waals surface area contributed by atoms with Crippen molar-refractivity contribution >= 4 is 17.8 Å². The van der Waals surface area contributed by atoms with Crippen molar-refractivity contribution in [3.63, 3.8) is 0 Å². The van der Waals surface area contributed by atoms with E-state index in [1.165, 1.54) is 6.92 Å². The van der Waals surface area contributed by atoms with Crippen molar-refractivity contribution in [2.45, 2.75) is 159 Å². The quantitative estimate of drug-likeness (QED) is 0.117. The monoisotopic (exact) mass is 744 g/mol. The molecule has 53 heavy (non-hydrogen) atoms. The molecule has 298 valence electrons. The number of piperidine rings is 2. The molecule has 5 rings (SSSR count). The number of aromatic hydroxyl groups is 1. The lowest BCUT2D eigenvalue weighted by atomic mass is 9.66. The smallest absolute Gasteiger partial charge is 0.332 e. The number of esters is 2. The Bertz CT molecular complexity index is 1380. The highest BCUT2D eigenvalue weighted by atomic mass is 16.6. The van der Waals surface area contributed by atoms with Crippen LogP contribution in [-0.4, -0.2) is 94.5 Å². The van der Waals surface area contributed by atoms with Gasteiger partial charge < -0.3 is 45.3 Å². The number of phenols is 1. The number of ether oxygens (including phenoxy) is 3. The van der Waals surface area contributed by atoms with Crippen LogP contribution in [0.5, 0.6) is 11.5 Å². The van der Waals surface area contributed by atoms with Gasteiger partial charge in [-0.15, -0.1) is 0 Å². The Kier molecular flexibility index (Phi) is 14.9. The van der Waals surface area contributed by atoms with E-state index in [-0.39, 0.29) is 36.5 Å². The molecule has 1 saturated carbocycles. The molecule has 1 aromatic carbocycles. The van der Waals surface area contributed by atoms with Gasteiger partial charge in [0.15, 0.2) is 11.5 Å². The van der Waals surface area contributed by atoms with Gasteiger partial charge in [-0.25, -0.2) is 4.79 Å². The zero-order valence-corrected chi connectivity index (χ0v) is 31.9. The molecule has 6 N–H and O–H groups in total. The van der Waals surface area contributed by atoms with Gasteiger partial charge in [0.1, 0.15) is 17.7 Å². The number of rotatable bonds is 18. The number of hydrogen-bond acceptors (Lipinski definition) is 11. The molecule has 0 aromatic heterocycles. The van der Waals surface area contributed by atoms with Crippen molar-refractivity contribution < 1.29 is 49.0 Å². The van der Waals surface area contributed by atoms with E-state index in [1.807, 2.05) is 6.07 Å². The highest BCUT2D eigenvalue weighted by Crippen LogP contribution is 2.47. The first kappa shape index (κ1) is 41.2. The highest BCUT2D eigenvalue weighted by molar-refractivity contribution is 5.90. The number of hydrogen-bond donors (Lipinski definition) is 6. The van der Waals surface area contributed by atoms with Crippen LogP contribution in [0.2, 0.25) is 0 Å². The van der Waals surface area contributed by atoms with Crippen LogP contribution in [0.15, 0.2) is 12.1 Å². The van der Waals surface area contributed by atoms with Crippen LogP contribution in [-0.2, 0) is 36.7 Å². The molecule has 0 radical (unpaired) electrons. The van der Waals surface area contributed by atoms with E-state index in [1.54, 1.807) is 13.0 Å². The standard InChI is InChI=1S/C41H64N2O10/c1-27(45)10-11-29(12-15-32(47)8-5-23-44)35(52-28(2)46)25-36(53-39(50)41-18-4-3-7-31(41)14-17-37(49)43-41)40(19-21-42-22-20-40)26-30-13-16-34(48)38-33(30)9-6-24-51-38/h13,16,27,29,31-32,35-36,42,44-45,47-48H,3-12,14-15,17-26H2,1-2H3,(H,43,49)/t27-,29+,31+,32+,35-,36+,41+/m0/s1. The molecular formula is C41H64N2O10. The van der Waals surface area contributed by atoms with E-state index < -0.39 is 47.3 Å². The van der Waals surface area contributed by atoms with Crippen molar-refractivity contribution in [3.05, 3.63) is 23.3 Å². The Balaban J connectivity index is 1.55. The second-order valence-corrected chi connectivity index (χ2v) is 16.4. The second kappa shape index (κ2) is 19.1. The van der Waals surface area contributed by atoms with Crippen LogP contribution in [0.3, 0.4) is 0 Å². The molecule has 4 aliphatic rings. The molecule has 12 nitrogen and oxygen atoms in total. The molecule has 1 amide bonds. The van der Waals surface area contributed by atoms with Gasteiger partial charge in [0.05, 0.1) is 18.8 Å². The molecule has 1 aliphatic carbocycles. The zero-order chi connectivity index (χ0) is 38.0. The van der Waals surface area contributed by atoms with Crippen LogP contribution in [0.4, 0.5) is 0 Å². The van der Waals surface area contributed by atoms with E-state index in [0.717, 1.165) is 43.2 Å². The molecule has 1 aromatic rings. The minimum Gasteiger partial charge on any atom is -0.504 e. The molecule has 3 fully saturated rings. The topological polar surface area (TPSA) is 184 Å². The van der Waals surface area contributed by atoms with Crippen LogP contribution < -0.4 is 15.4 Å². The Labute approximate surface area is 314 Å². The summed E-state index contributed by atoms with van der Waals surface area (Å²) in [5, 5.41) is 47.7. The maximum absolute atomic E-state index is 14.8. The molecule has 0 spiro atoms. The third-order valence-electron chi connectivity index (χ3n) is 12.6. The van der Waals surface area contributed by atoms with E-state index in [4.69, 9.17) is 14.2 Å². The molecule has 3 heterocycles. The maximum Gasteiger partial charge on any atom is 0.332 e. The van der Waals surface area contributed by atoms with Gasteiger partial charge in [-0.3, -0.25) is 9.59 Å². The molecule has 0 bridgehead atoms. The number of aliphatic hydroxyl groups is 3. The van der Waals surface area contributed by atoms with Gasteiger partial charge in [0, 0.05) is 37.4 Å². The predicted molar refractivity (Wildman–Crippen MR) is 198 cm³/mol. The number of fused-ring (bicyclic) bond motifs is 2. The van der Waals surface area contributed by atoms with Crippen LogP contribution in [0, 0.1) is 17.3 Å². The minimum atomic E-state index is -1.11. The Hall–Kier alpha value is -2.93. The third kappa shape index (κ3) is 10.4. The largest absolute Gasteiger partial charge is 0.504 e. The predicted octanol–water partition coefficient (Wildman–Crippen LogP) is 4.39. The summed E-state index contributed by atoms with van der Waals surface area (Å²) in [6.07, 6.45) is 8.11. The average molecular weight is 745 g/mol. The van der Waals surface area contributed by atoms with Crippen LogP contribution in [0.25, 0.3) is 0 Å². The van der Waals surface area contributed by atoms with Crippen LogP contribution in [0.1, 0.15) is 128 Å². The molecule has 7 atom stereocenters. The number of benzene rings is 1. The SMILES string of the molecule is CC(=O)O[C@@H](C[C@@H](OC(=O)[C@@]12CCCC[C@@H]1CCC(=O)N2)C1(Cc2ccc(O)c3c2CCCO3)CCNCC1)[C@@H](CC[C@H](O)CCCO)CC[C@H](C)O. The first-order chi connectivity index (χ1) is 25.5. The van der Waals surface area contributed by atoms with E-state index in [9.17, 15) is 34.8 Å². The van der Waals surface area contributed by atoms with Gasteiger partial charge in [0.2, 0.25) is 5.91 Å². The molecular weight excluding hydrogens is 680 g/mol. The van der Waals surface area contributed by atoms with Crippen LogP contribution >= 0.6 is 0 Å². The zero-order valence-electron chi connectivity index (χ0n) is 31.9. The van der Waals surface area contributed by atoms with Gasteiger partial charge in [-0.1, -0.05) is 18.9 Å². The number of aliphatic hydroxyl groups excluding tert-OH is 3. The third-order valence-corrected chi connectivity index (χ3v) is 12.6. The van der Waals surface area contributed by atoms with Gasteiger partial charge in [-0.2, -0.15) is 0 Å². The summed E-state index contributed by atoms with van der Waals surface area (Å²) in [5.41, 5.74) is 0.302. The van der Waals surface area contributed by atoms with E-state index >= 15 is 0 Å². The summed E-state index contributed by atoms with van der Waals surface area (Å²) in [6.45, 7) is 5.00. The molecule has 12 heteroatoms. The first-order valence-electron chi connectivity index (χ1n) is 20.3. The van der Waals surface area contributed by atoms with E-state index in [0.29, 0.717) is 102 Å². The van der Waals surface area contributed by atoms with Gasteiger partial charge in [-0.05, 0) is 133 Å². The fourth-order valence-electron chi connectivity index (χ4n) is 9.60. The Morgan fingerprint density at radius 1 is 0.981 bits per heavy atom. The molecule has 0 unspecified atom stereocenters. The van der Waals surface area contributed by atoms with Crippen molar-refractivity contribution in [1.29, 1.82) is 0 Å². The number of carbonyl (C=O) groups excluding carboxylic acids is 3. The van der Waals surface area contributed by atoms with Crippen molar-refractivity contribution in [2.75, 3.05) is 26.3 Å². The average Bonchev–Trinajstić information content (AvgIpc) is 3.14. The lowest BCUT2D eigenvalue weighted by molar-refractivity contribution is -0.179. The number of amides is 1. The lowest BCUT2D eigenvalue weighted by Gasteiger charge is -2.49. The number of carbonyl (C=O) groups is 3. The summed E-state index contributed by atoms with van der Waals surface area (Å²) in [4.78, 5) is 40.6. The first-order valence-corrected chi connectivity index (χ1v) is 20.3. The highest BCUT2D eigenvalue weighted by Gasteiger charge is 2.54. The molecule has 3 aliphatic heterocycles.